The van der Waals surface area contributed by atoms with E-state index in [-0.39, 0.29) is 6.10 Å². The Morgan fingerprint density at radius 2 is 1.81 bits per heavy atom. The Bertz CT molecular complexity index is 638. The van der Waals surface area contributed by atoms with Crippen LogP contribution in [0.25, 0.3) is 0 Å². The highest BCUT2D eigenvalue weighted by Gasteiger charge is 2.53. The van der Waals surface area contributed by atoms with Crippen LogP contribution in [0.15, 0.2) is 23.8 Å². The van der Waals surface area contributed by atoms with E-state index in [2.05, 4.69) is 26.0 Å². The molecule has 27 heavy (non-hydrogen) atoms. The first-order chi connectivity index (χ1) is 12.8. The molecule has 3 saturated carbocycles. The molecule has 0 aliphatic heterocycles. The SMILES string of the molecule is CC(C)(C1CCC(O)CC1)C12C=CC(CC1)C2.O=C(O)C1=CC2CCC1C2. The monoisotopic (exact) mass is 372 g/mol. The Morgan fingerprint density at radius 1 is 1.07 bits per heavy atom. The molecule has 3 nitrogen and oxygen atoms in total. The van der Waals surface area contributed by atoms with Gasteiger partial charge < -0.3 is 10.2 Å². The minimum absolute atomic E-state index is 0.0185. The van der Waals surface area contributed by atoms with Gasteiger partial charge in [-0.1, -0.05) is 32.1 Å². The summed E-state index contributed by atoms with van der Waals surface area (Å²) in [6.45, 7) is 4.99. The molecule has 4 atom stereocenters. The molecule has 4 unspecified atom stereocenters. The third-order valence-electron chi connectivity index (χ3n) is 8.85. The van der Waals surface area contributed by atoms with Crippen LogP contribution in [0.2, 0.25) is 0 Å². The number of hydrogen-bond donors (Lipinski definition) is 2. The van der Waals surface area contributed by atoms with Crippen LogP contribution in [0.5, 0.6) is 0 Å². The van der Waals surface area contributed by atoms with Crippen molar-refractivity contribution in [2.45, 2.75) is 84.2 Å². The molecule has 3 heteroatoms. The molecule has 3 fully saturated rings. The smallest absolute Gasteiger partial charge is 0.331 e. The zero-order chi connectivity index (χ0) is 19.2. The van der Waals surface area contributed by atoms with Gasteiger partial charge in [-0.25, -0.2) is 4.79 Å². The molecule has 4 bridgehead atoms. The predicted octanol–water partition coefficient (Wildman–Crippen LogP) is 5.35. The third-order valence-corrected chi connectivity index (χ3v) is 8.85. The number of aliphatic hydroxyl groups excluding tert-OH is 1. The summed E-state index contributed by atoms with van der Waals surface area (Å²) < 4.78 is 0. The van der Waals surface area contributed by atoms with Crippen molar-refractivity contribution in [3.05, 3.63) is 23.8 Å². The van der Waals surface area contributed by atoms with Gasteiger partial charge in [0.25, 0.3) is 0 Å². The first-order valence-electron chi connectivity index (χ1n) is 11.1. The van der Waals surface area contributed by atoms with Crippen molar-refractivity contribution >= 4 is 5.97 Å². The van der Waals surface area contributed by atoms with E-state index in [0.29, 0.717) is 28.2 Å². The van der Waals surface area contributed by atoms with Gasteiger partial charge in [0.15, 0.2) is 0 Å². The van der Waals surface area contributed by atoms with E-state index in [1.54, 1.807) is 0 Å². The van der Waals surface area contributed by atoms with Crippen LogP contribution in [-0.4, -0.2) is 22.3 Å². The minimum Gasteiger partial charge on any atom is -0.478 e. The fraction of sp³-hybridized carbons (Fsp3) is 0.792. The van der Waals surface area contributed by atoms with Gasteiger partial charge in [0.05, 0.1) is 6.10 Å². The van der Waals surface area contributed by atoms with Gasteiger partial charge in [0, 0.05) is 5.57 Å². The normalized spacial score (nSPS) is 42.0. The summed E-state index contributed by atoms with van der Waals surface area (Å²) in [5.74, 6) is 1.97. The lowest BCUT2D eigenvalue weighted by Crippen LogP contribution is -2.41. The number of fused-ring (bicyclic) bond motifs is 4. The predicted molar refractivity (Wildman–Crippen MR) is 107 cm³/mol. The highest BCUT2D eigenvalue weighted by atomic mass is 16.4. The zero-order valence-corrected chi connectivity index (χ0v) is 17.0. The molecule has 0 spiro atoms. The fourth-order valence-electron chi connectivity index (χ4n) is 6.84. The summed E-state index contributed by atoms with van der Waals surface area (Å²) in [6, 6.07) is 0. The average molecular weight is 373 g/mol. The molecule has 0 radical (unpaired) electrons. The van der Waals surface area contributed by atoms with Gasteiger partial charge in [-0.05, 0) is 98.7 Å². The lowest BCUT2D eigenvalue weighted by molar-refractivity contribution is -0.133. The minimum atomic E-state index is -0.702. The van der Waals surface area contributed by atoms with E-state index in [1.807, 2.05) is 6.08 Å². The lowest BCUT2D eigenvalue weighted by Gasteiger charge is -2.49. The number of carbonyl (C=O) groups is 1. The summed E-state index contributed by atoms with van der Waals surface area (Å²) in [5, 5.41) is 18.3. The van der Waals surface area contributed by atoms with Gasteiger partial charge in [-0.15, -0.1) is 0 Å². The van der Waals surface area contributed by atoms with Gasteiger partial charge in [0.1, 0.15) is 0 Å². The molecule has 5 aliphatic rings. The van der Waals surface area contributed by atoms with Crippen LogP contribution in [-0.2, 0) is 4.79 Å². The number of carboxylic acids is 1. The summed E-state index contributed by atoms with van der Waals surface area (Å²) in [4.78, 5) is 10.5. The summed E-state index contributed by atoms with van der Waals surface area (Å²) in [7, 11) is 0. The Labute approximate surface area is 163 Å². The van der Waals surface area contributed by atoms with Crippen molar-refractivity contribution in [1.29, 1.82) is 0 Å². The Hall–Kier alpha value is -1.09. The molecule has 5 aliphatic carbocycles. The van der Waals surface area contributed by atoms with Crippen molar-refractivity contribution in [2.75, 3.05) is 0 Å². The largest absolute Gasteiger partial charge is 0.478 e. The third kappa shape index (κ3) is 3.41. The Kier molecular flexibility index (Phi) is 5.03. The standard InChI is InChI=1S/C16H26O.C8H10O2/c1-15(2,13-3-5-14(17)6-4-13)16-9-7-12(11-16)8-10-16;9-8(10)7-4-5-1-2-6(7)3-5/h7,9,12-14,17H,3-6,8,10-11H2,1-2H3;4-6H,1-3H2,(H,9,10). The quantitative estimate of drug-likeness (QED) is 0.657. The second kappa shape index (κ2) is 7.06. The van der Waals surface area contributed by atoms with E-state index in [1.165, 1.54) is 38.5 Å². The number of hydrogen-bond acceptors (Lipinski definition) is 2. The van der Waals surface area contributed by atoms with Crippen molar-refractivity contribution < 1.29 is 15.0 Å². The van der Waals surface area contributed by atoms with E-state index in [0.717, 1.165) is 37.5 Å². The fourth-order valence-corrected chi connectivity index (χ4v) is 6.84. The maximum atomic E-state index is 10.5. The van der Waals surface area contributed by atoms with Crippen molar-refractivity contribution in [2.24, 2.45) is 34.5 Å². The van der Waals surface area contributed by atoms with Gasteiger partial charge in [-0.3, -0.25) is 0 Å². The molecule has 0 amide bonds. The van der Waals surface area contributed by atoms with Crippen LogP contribution in [0, 0.1) is 34.5 Å². The molecular formula is C24H36O3. The van der Waals surface area contributed by atoms with Crippen LogP contribution in [0.4, 0.5) is 0 Å². The topological polar surface area (TPSA) is 57.5 Å². The molecular weight excluding hydrogens is 336 g/mol. The number of carboxylic acid groups (broad SMARTS) is 1. The average Bonchev–Trinajstić information content (AvgIpc) is 3.43. The second-order valence-electron chi connectivity index (χ2n) is 10.4. The first kappa shape index (κ1) is 19.2. The molecule has 5 rings (SSSR count). The molecule has 0 aromatic rings. The Balaban J connectivity index is 0.000000153. The molecule has 0 saturated heterocycles. The van der Waals surface area contributed by atoms with Gasteiger partial charge in [0.2, 0.25) is 0 Å². The van der Waals surface area contributed by atoms with Crippen molar-refractivity contribution in [3.8, 4) is 0 Å². The van der Waals surface area contributed by atoms with Gasteiger partial charge in [-0.2, -0.15) is 0 Å². The lowest BCUT2D eigenvalue weighted by atomic mass is 9.56. The number of aliphatic hydroxyl groups is 1. The molecule has 0 aromatic carbocycles. The Morgan fingerprint density at radius 3 is 2.22 bits per heavy atom. The molecule has 0 heterocycles. The van der Waals surface area contributed by atoms with E-state index < -0.39 is 5.97 Å². The first-order valence-corrected chi connectivity index (χ1v) is 11.1. The highest BCUT2D eigenvalue weighted by molar-refractivity contribution is 5.88. The number of allylic oxidation sites excluding steroid dienone is 3. The molecule has 150 valence electrons. The number of rotatable bonds is 3. The zero-order valence-electron chi connectivity index (χ0n) is 17.0. The summed E-state index contributed by atoms with van der Waals surface area (Å²) in [5.41, 5.74) is 1.59. The summed E-state index contributed by atoms with van der Waals surface area (Å²) in [6.07, 6.45) is 19.1. The van der Waals surface area contributed by atoms with Crippen LogP contribution in [0.3, 0.4) is 0 Å². The summed E-state index contributed by atoms with van der Waals surface area (Å²) >= 11 is 0. The van der Waals surface area contributed by atoms with Crippen molar-refractivity contribution in [3.63, 3.8) is 0 Å². The number of aliphatic carboxylic acids is 1. The van der Waals surface area contributed by atoms with E-state index >= 15 is 0 Å². The molecule has 0 aromatic heterocycles. The van der Waals surface area contributed by atoms with Crippen molar-refractivity contribution in [1.82, 2.24) is 0 Å². The highest BCUT2D eigenvalue weighted by Crippen LogP contribution is 2.62. The molecule has 2 N–H and O–H groups in total. The van der Waals surface area contributed by atoms with Crippen LogP contribution >= 0.6 is 0 Å². The van der Waals surface area contributed by atoms with Crippen LogP contribution < -0.4 is 0 Å². The van der Waals surface area contributed by atoms with E-state index in [9.17, 15) is 9.90 Å². The van der Waals surface area contributed by atoms with Crippen LogP contribution in [0.1, 0.15) is 78.1 Å². The van der Waals surface area contributed by atoms with Gasteiger partial charge >= 0.3 is 5.97 Å². The van der Waals surface area contributed by atoms with E-state index in [4.69, 9.17) is 5.11 Å². The maximum Gasteiger partial charge on any atom is 0.331 e. The second-order valence-corrected chi connectivity index (χ2v) is 10.4. The maximum absolute atomic E-state index is 10.5.